The molecule has 4 N–H and O–H groups in total. The number of rotatable bonds is 8. The second-order valence-corrected chi connectivity index (χ2v) is 5.89. The minimum absolute atomic E-state index is 0.0549. The van der Waals surface area contributed by atoms with Crippen LogP contribution in [0.25, 0.3) is 6.08 Å². The molecule has 0 spiro atoms. The van der Waals surface area contributed by atoms with Gasteiger partial charge in [0, 0.05) is 0 Å². The van der Waals surface area contributed by atoms with Crippen LogP contribution in [0.2, 0.25) is 0 Å². The SMILES string of the molecule is COc1cc(/C=C/CO[C@H]2O[C@H](CO)[C@@H](O)[C@H](O)[C@H]2O)cc(OC)c1OC. The first-order valence-electron chi connectivity index (χ1n) is 8.35. The summed E-state index contributed by atoms with van der Waals surface area (Å²) in [5.74, 6) is 1.49. The molecule has 27 heavy (non-hydrogen) atoms. The average molecular weight is 386 g/mol. The number of methoxy groups -OCH3 is 3. The largest absolute Gasteiger partial charge is 0.493 e. The van der Waals surface area contributed by atoms with Crippen LogP contribution in [-0.2, 0) is 9.47 Å². The minimum Gasteiger partial charge on any atom is -0.493 e. The Bertz CT molecular complexity index is 606. The highest BCUT2D eigenvalue weighted by atomic mass is 16.7. The fourth-order valence-corrected chi connectivity index (χ4v) is 2.74. The van der Waals surface area contributed by atoms with Crippen LogP contribution in [0.3, 0.4) is 0 Å². The molecule has 0 aliphatic carbocycles. The number of hydrogen-bond donors (Lipinski definition) is 4. The molecule has 0 bridgehead atoms. The summed E-state index contributed by atoms with van der Waals surface area (Å²) in [6.45, 7) is -0.453. The van der Waals surface area contributed by atoms with Gasteiger partial charge in [0.25, 0.3) is 0 Å². The number of ether oxygens (including phenoxy) is 5. The standard InChI is InChI=1S/C18H26O9/c1-23-11-7-10(8-12(24-2)17(11)25-3)5-4-6-26-18-16(22)15(21)14(20)13(9-19)27-18/h4-5,7-8,13-16,18-22H,6,9H2,1-3H3/b5-4+/t13-,14-,15+,16-,18+/m1/s1. The van der Waals surface area contributed by atoms with E-state index in [9.17, 15) is 15.3 Å². The lowest BCUT2D eigenvalue weighted by Gasteiger charge is -2.39. The van der Waals surface area contributed by atoms with Crippen molar-refractivity contribution >= 4 is 6.08 Å². The summed E-state index contributed by atoms with van der Waals surface area (Å²) in [4.78, 5) is 0. The molecule has 0 unspecified atom stereocenters. The predicted molar refractivity (Wildman–Crippen MR) is 94.9 cm³/mol. The molecule has 5 atom stereocenters. The molecular weight excluding hydrogens is 360 g/mol. The lowest BCUT2D eigenvalue weighted by Crippen LogP contribution is -2.59. The highest BCUT2D eigenvalue weighted by molar-refractivity contribution is 5.62. The van der Waals surface area contributed by atoms with Crippen molar-refractivity contribution in [2.75, 3.05) is 34.5 Å². The zero-order chi connectivity index (χ0) is 20.0. The van der Waals surface area contributed by atoms with Gasteiger partial charge in [-0.05, 0) is 17.7 Å². The maximum absolute atomic E-state index is 9.92. The summed E-state index contributed by atoms with van der Waals surface area (Å²) in [5.41, 5.74) is 0.766. The molecule has 1 aliphatic heterocycles. The number of aliphatic hydroxyl groups excluding tert-OH is 4. The first-order chi connectivity index (χ1) is 13.0. The molecule has 152 valence electrons. The van der Waals surface area contributed by atoms with Crippen LogP contribution in [0, 0.1) is 0 Å². The Kier molecular flexibility index (Phi) is 7.84. The van der Waals surface area contributed by atoms with E-state index in [1.54, 1.807) is 24.3 Å². The summed E-state index contributed by atoms with van der Waals surface area (Å²) in [6, 6.07) is 3.51. The van der Waals surface area contributed by atoms with Crippen molar-refractivity contribution in [2.45, 2.75) is 30.7 Å². The lowest BCUT2D eigenvalue weighted by molar-refractivity contribution is -0.298. The van der Waals surface area contributed by atoms with Crippen molar-refractivity contribution in [3.63, 3.8) is 0 Å². The smallest absolute Gasteiger partial charge is 0.203 e. The van der Waals surface area contributed by atoms with Gasteiger partial charge in [-0.15, -0.1) is 0 Å². The molecule has 2 rings (SSSR count). The number of benzene rings is 1. The van der Waals surface area contributed by atoms with Crippen molar-refractivity contribution in [3.8, 4) is 17.2 Å². The van der Waals surface area contributed by atoms with Gasteiger partial charge in [-0.25, -0.2) is 0 Å². The topological polar surface area (TPSA) is 127 Å². The molecule has 1 aromatic rings. The summed E-state index contributed by atoms with van der Waals surface area (Å²) >= 11 is 0. The van der Waals surface area contributed by atoms with Crippen molar-refractivity contribution < 1.29 is 44.1 Å². The van der Waals surface area contributed by atoms with Crippen molar-refractivity contribution in [1.29, 1.82) is 0 Å². The summed E-state index contributed by atoms with van der Waals surface area (Å²) in [5, 5.41) is 38.6. The first-order valence-corrected chi connectivity index (χ1v) is 8.35. The third-order valence-corrected chi connectivity index (χ3v) is 4.20. The van der Waals surface area contributed by atoms with E-state index in [0.29, 0.717) is 17.2 Å². The van der Waals surface area contributed by atoms with Crippen LogP contribution in [0.15, 0.2) is 18.2 Å². The van der Waals surface area contributed by atoms with Crippen LogP contribution < -0.4 is 14.2 Å². The Balaban J connectivity index is 2.01. The van der Waals surface area contributed by atoms with E-state index >= 15 is 0 Å². The Morgan fingerprint density at radius 2 is 1.59 bits per heavy atom. The maximum Gasteiger partial charge on any atom is 0.203 e. The Morgan fingerprint density at radius 1 is 0.963 bits per heavy atom. The van der Waals surface area contributed by atoms with Crippen LogP contribution in [0.4, 0.5) is 0 Å². The molecule has 0 amide bonds. The zero-order valence-corrected chi connectivity index (χ0v) is 15.4. The van der Waals surface area contributed by atoms with Gasteiger partial charge in [-0.2, -0.15) is 0 Å². The zero-order valence-electron chi connectivity index (χ0n) is 15.4. The van der Waals surface area contributed by atoms with Gasteiger partial charge >= 0.3 is 0 Å². The van der Waals surface area contributed by atoms with E-state index in [-0.39, 0.29) is 6.61 Å². The molecule has 1 aliphatic rings. The minimum atomic E-state index is -1.47. The van der Waals surface area contributed by atoms with Crippen LogP contribution >= 0.6 is 0 Å². The fourth-order valence-electron chi connectivity index (χ4n) is 2.74. The molecule has 1 saturated heterocycles. The monoisotopic (exact) mass is 386 g/mol. The maximum atomic E-state index is 9.92. The fraction of sp³-hybridized carbons (Fsp3) is 0.556. The Hall–Kier alpha value is -1.88. The van der Waals surface area contributed by atoms with Gasteiger partial charge in [0.2, 0.25) is 5.75 Å². The van der Waals surface area contributed by atoms with Crippen LogP contribution in [0.1, 0.15) is 5.56 Å². The van der Waals surface area contributed by atoms with E-state index in [2.05, 4.69) is 0 Å². The Morgan fingerprint density at radius 3 is 2.11 bits per heavy atom. The van der Waals surface area contributed by atoms with E-state index in [4.69, 9.17) is 28.8 Å². The Labute approximate surface area is 157 Å². The van der Waals surface area contributed by atoms with E-state index in [0.717, 1.165) is 5.56 Å². The summed E-state index contributed by atoms with van der Waals surface area (Å²) in [6.07, 6.45) is -3.09. The molecule has 1 heterocycles. The molecule has 0 aromatic heterocycles. The van der Waals surface area contributed by atoms with Gasteiger partial charge < -0.3 is 44.1 Å². The van der Waals surface area contributed by atoms with Gasteiger partial charge in [0.05, 0.1) is 34.5 Å². The third kappa shape index (κ3) is 4.89. The quantitative estimate of drug-likeness (QED) is 0.469. The van der Waals surface area contributed by atoms with Gasteiger partial charge in [-0.3, -0.25) is 0 Å². The highest BCUT2D eigenvalue weighted by Gasteiger charge is 2.43. The number of hydrogen-bond acceptors (Lipinski definition) is 9. The number of aliphatic hydroxyl groups is 4. The molecule has 1 fully saturated rings. The third-order valence-electron chi connectivity index (χ3n) is 4.20. The second-order valence-electron chi connectivity index (χ2n) is 5.89. The van der Waals surface area contributed by atoms with Gasteiger partial charge in [0.15, 0.2) is 17.8 Å². The van der Waals surface area contributed by atoms with E-state index < -0.39 is 37.3 Å². The van der Waals surface area contributed by atoms with Crippen molar-refractivity contribution in [1.82, 2.24) is 0 Å². The summed E-state index contributed by atoms with van der Waals surface area (Å²) in [7, 11) is 4.56. The van der Waals surface area contributed by atoms with E-state index in [1.165, 1.54) is 21.3 Å². The average Bonchev–Trinajstić information content (AvgIpc) is 2.69. The normalized spacial score (nSPS) is 28.3. The molecule has 9 nitrogen and oxygen atoms in total. The second kappa shape index (κ2) is 9.88. The van der Waals surface area contributed by atoms with Crippen molar-refractivity contribution in [3.05, 3.63) is 23.8 Å². The van der Waals surface area contributed by atoms with Gasteiger partial charge in [0.1, 0.15) is 24.4 Å². The lowest BCUT2D eigenvalue weighted by atomic mass is 9.99. The summed E-state index contributed by atoms with van der Waals surface area (Å²) < 4.78 is 26.5. The molecule has 1 aromatic carbocycles. The molecule has 0 radical (unpaired) electrons. The van der Waals surface area contributed by atoms with Crippen LogP contribution in [0.5, 0.6) is 17.2 Å². The molecular formula is C18H26O9. The molecule has 0 saturated carbocycles. The van der Waals surface area contributed by atoms with E-state index in [1.807, 2.05) is 0 Å². The van der Waals surface area contributed by atoms with Crippen molar-refractivity contribution in [2.24, 2.45) is 0 Å². The van der Waals surface area contributed by atoms with Gasteiger partial charge in [-0.1, -0.05) is 12.2 Å². The first kappa shape index (κ1) is 21.4. The molecule has 9 heteroatoms. The van der Waals surface area contributed by atoms with Crippen LogP contribution in [-0.4, -0.2) is 85.7 Å². The predicted octanol–water partition coefficient (Wildman–Crippen LogP) is -0.458. The highest BCUT2D eigenvalue weighted by Crippen LogP contribution is 2.38.